The fourth-order valence-electron chi connectivity index (χ4n) is 2.39. The highest BCUT2D eigenvalue weighted by atomic mass is 16.5. The largest absolute Gasteiger partial charge is 0.380 e. The van der Waals surface area contributed by atoms with Crippen LogP contribution in [0.15, 0.2) is 4.99 Å². The average molecular weight is 315 g/mol. The van der Waals surface area contributed by atoms with Gasteiger partial charge in [0.25, 0.3) is 0 Å². The van der Waals surface area contributed by atoms with E-state index >= 15 is 0 Å². The van der Waals surface area contributed by atoms with E-state index < -0.39 is 0 Å². The summed E-state index contributed by atoms with van der Waals surface area (Å²) in [6.45, 7) is 15.6. The van der Waals surface area contributed by atoms with Gasteiger partial charge in [-0.05, 0) is 40.5 Å². The van der Waals surface area contributed by atoms with E-state index in [1.807, 2.05) is 7.05 Å². The lowest BCUT2D eigenvalue weighted by Gasteiger charge is -2.30. The molecule has 0 bridgehead atoms. The minimum absolute atomic E-state index is 0.595. The van der Waals surface area contributed by atoms with Crippen molar-refractivity contribution in [3.63, 3.8) is 0 Å². The Morgan fingerprint density at radius 3 is 2.18 bits per heavy atom. The molecule has 2 N–H and O–H groups in total. The maximum Gasteiger partial charge on any atom is 0.191 e. The number of hydrogen-bond donors (Lipinski definition) is 2. The Morgan fingerprint density at radius 1 is 1.00 bits per heavy atom. The van der Waals surface area contributed by atoms with Crippen LogP contribution in [0.4, 0.5) is 0 Å². The van der Waals surface area contributed by atoms with E-state index in [-0.39, 0.29) is 0 Å². The van der Waals surface area contributed by atoms with Gasteiger partial charge >= 0.3 is 0 Å². The summed E-state index contributed by atoms with van der Waals surface area (Å²) in [5, 5.41) is 6.64. The molecule has 0 amide bonds. The van der Waals surface area contributed by atoms with Gasteiger partial charge in [0.15, 0.2) is 5.96 Å². The summed E-state index contributed by atoms with van der Waals surface area (Å²) >= 11 is 0. The van der Waals surface area contributed by atoms with Crippen molar-refractivity contribution in [2.24, 2.45) is 4.99 Å². The zero-order valence-electron chi connectivity index (χ0n) is 15.6. The van der Waals surface area contributed by atoms with Crippen molar-refractivity contribution in [1.82, 2.24) is 15.5 Å². The third kappa shape index (κ3) is 10.9. The van der Waals surface area contributed by atoms with Gasteiger partial charge < -0.3 is 15.4 Å². The van der Waals surface area contributed by atoms with Crippen molar-refractivity contribution < 1.29 is 4.74 Å². The monoisotopic (exact) mass is 314 g/mol. The van der Waals surface area contributed by atoms with E-state index in [4.69, 9.17) is 4.74 Å². The average Bonchev–Trinajstić information content (AvgIpc) is 2.47. The number of aliphatic imine (C=N–C) groups is 1. The third-order valence-corrected chi connectivity index (χ3v) is 3.62. The van der Waals surface area contributed by atoms with E-state index in [1.54, 1.807) is 0 Å². The highest BCUT2D eigenvalue weighted by molar-refractivity contribution is 5.79. The molecule has 5 nitrogen and oxygen atoms in total. The van der Waals surface area contributed by atoms with E-state index in [1.165, 1.54) is 6.42 Å². The Balaban J connectivity index is 3.74. The lowest BCUT2D eigenvalue weighted by molar-refractivity contribution is 0.136. The first-order chi connectivity index (χ1) is 10.5. The number of hydrogen-bond acceptors (Lipinski definition) is 3. The Labute approximate surface area is 137 Å². The van der Waals surface area contributed by atoms with Crippen LogP contribution < -0.4 is 10.6 Å². The topological polar surface area (TPSA) is 48.9 Å². The molecule has 0 aromatic carbocycles. The Morgan fingerprint density at radius 2 is 1.64 bits per heavy atom. The van der Waals surface area contributed by atoms with Crippen molar-refractivity contribution >= 4 is 5.96 Å². The molecule has 0 aliphatic carbocycles. The molecule has 0 saturated carbocycles. The van der Waals surface area contributed by atoms with E-state index in [2.05, 4.69) is 55.1 Å². The first-order valence-electron chi connectivity index (χ1n) is 8.80. The molecule has 0 heterocycles. The number of nitrogens with zero attached hydrogens (tertiary/aromatic N) is 2. The van der Waals surface area contributed by atoms with Crippen molar-refractivity contribution in [2.45, 2.75) is 66.0 Å². The van der Waals surface area contributed by atoms with Gasteiger partial charge in [-0.1, -0.05) is 13.3 Å². The summed E-state index contributed by atoms with van der Waals surface area (Å²) < 4.78 is 5.53. The van der Waals surface area contributed by atoms with E-state index in [0.717, 1.165) is 51.6 Å². The molecular formula is C17H38N4O. The quantitative estimate of drug-likeness (QED) is 0.330. The predicted octanol–water partition coefficient (Wildman–Crippen LogP) is 2.48. The standard InChI is InChI=1S/C17H38N4O/c1-7-8-13-22-14-11-20-17(18-6)19-10-9-12-21(15(2)3)16(4)5/h15-16H,7-14H2,1-6H3,(H2,18,19,20). The highest BCUT2D eigenvalue weighted by Crippen LogP contribution is 2.05. The second-order valence-electron chi connectivity index (χ2n) is 6.17. The highest BCUT2D eigenvalue weighted by Gasteiger charge is 2.12. The molecule has 5 heteroatoms. The van der Waals surface area contributed by atoms with Crippen LogP contribution in [0.1, 0.15) is 53.9 Å². The van der Waals surface area contributed by atoms with Gasteiger partial charge in [0.2, 0.25) is 0 Å². The summed E-state index contributed by atoms with van der Waals surface area (Å²) in [4.78, 5) is 6.75. The SMILES string of the molecule is CCCCOCCNC(=NC)NCCCN(C(C)C)C(C)C. The van der Waals surface area contributed by atoms with Gasteiger partial charge in [0.05, 0.1) is 6.61 Å². The molecule has 0 aromatic rings. The molecule has 0 aromatic heterocycles. The zero-order valence-corrected chi connectivity index (χ0v) is 15.6. The van der Waals surface area contributed by atoms with Crippen molar-refractivity contribution in [3.8, 4) is 0 Å². The Hall–Kier alpha value is -0.810. The van der Waals surface area contributed by atoms with E-state index in [9.17, 15) is 0 Å². The molecule has 22 heavy (non-hydrogen) atoms. The minimum atomic E-state index is 0.595. The molecule has 0 rings (SSSR count). The van der Waals surface area contributed by atoms with Crippen LogP contribution >= 0.6 is 0 Å². The molecule has 0 saturated heterocycles. The number of ether oxygens (including phenoxy) is 1. The smallest absolute Gasteiger partial charge is 0.191 e. The summed E-state index contributed by atoms with van der Waals surface area (Å²) in [6.07, 6.45) is 3.43. The zero-order chi connectivity index (χ0) is 16.8. The molecule has 0 fully saturated rings. The summed E-state index contributed by atoms with van der Waals surface area (Å²) in [5.41, 5.74) is 0. The molecule has 132 valence electrons. The fourth-order valence-corrected chi connectivity index (χ4v) is 2.39. The second kappa shape index (κ2) is 13.8. The molecule has 0 aliphatic rings. The van der Waals surface area contributed by atoms with Crippen LogP contribution in [0, 0.1) is 0 Å². The summed E-state index contributed by atoms with van der Waals surface area (Å²) in [6, 6.07) is 1.19. The lowest BCUT2D eigenvalue weighted by atomic mass is 10.2. The number of rotatable bonds is 12. The molecule has 0 spiro atoms. The van der Waals surface area contributed by atoms with Gasteiger partial charge in [-0.3, -0.25) is 9.89 Å². The summed E-state index contributed by atoms with van der Waals surface area (Å²) in [5.74, 6) is 0.861. The molecule has 0 radical (unpaired) electrons. The maximum absolute atomic E-state index is 5.53. The van der Waals surface area contributed by atoms with Crippen LogP contribution in [-0.4, -0.2) is 62.8 Å². The second-order valence-corrected chi connectivity index (χ2v) is 6.17. The van der Waals surface area contributed by atoms with Crippen molar-refractivity contribution in [3.05, 3.63) is 0 Å². The van der Waals surface area contributed by atoms with Crippen LogP contribution in [-0.2, 0) is 4.74 Å². The summed E-state index contributed by atoms with van der Waals surface area (Å²) in [7, 11) is 1.81. The Kier molecular flexibility index (Phi) is 13.3. The first-order valence-corrected chi connectivity index (χ1v) is 8.80. The first kappa shape index (κ1) is 21.2. The predicted molar refractivity (Wildman–Crippen MR) is 96.7 cm³/mol. The fraction of sp³-hybridized carbons (Fsp3) is 0.941. The normalized spacial score (nSPS) is 12.5. The molecule has 0 aliphatic heterocycles. The van der Waals surface area contributed by atoms with Crippen molar-refractivity contribution in [1.29, 1.82) is 0 Å². The molecule has 0 unspecified atom stereocenters. The number of guanidine groups is 1. The van der Waals surface area contributed by atoms with Gasteiger partial charge in [-0.15, -0.1) is 0 Å². The van der Waals surface area contributed by atoms with Gasteiger partial charge in [0.1, 0.15) is 0 Å². The van der Waals surface area contributed by atoms with Gasteiger partial charge in [0, 0.05) is 45.4 Å². The maximum atomic E-state index is 5.53. The van der Waals surface area contributed by atoms with Gasteiger partial charge in [-0.2, -0.15) is 0 Å². The van der Waals surface area contributed by atoms with Crippen LogP contribution in [0.3, 0.4) is 0 Å². The molecular weight excluding hydrogens is 276 g/mol. The van der Waals surface area contributed by atoms with Crippen molar-refractivity contribution in [2.75, 3.05) is 39.9 Å². The van der Waals surface area contributed by atoms with E-state index in [0.29, 0.717) is 12.1 Å². The van der Waals surface area contributed by atoms with Gasteiger partial charge in [-0.25, -0.2) is 0 Å². The van der Waals surface area contributed by atoms with Crippen LogP contribution in [0.5, 0.6) is 0 Å². The van der Waals surface area contributed by atoms with Crippen LogP contribution in [0.25, 0.3) is 0 Å². The molecule has 0 atom stereocenters. The Bertz CT molecular complexity index is 272. The third-order valence-electron chi connectivity index (χ3n) is 3.62. The lowest BCUT2D eigenvalue weighted by Crippen LogP contribution is -2.42. The minimum Gasteiger partial charge on any atom is -0.380 e. The number of unbranched alkanes of at least 4 members (excludes halogenated alkanes) is 1. The number of nitrogens with one attached hydrogen (secondary N) is 2. The van der Waals surface area contributed by atoms with Crippen LogP contribution in [0.2, 0.25) is 0 Å².